The molecule has 0 fully saturated rings. The second-order valence-electron chi connectivity index (χ2n) is 3.90. The lowest BCUT2D eigenvalue weighted by Gasteiger charge is -2.17. The molecule has 0 aromatic rings. The molecule has 1 atom stereocenters. The Labute approximate surface area is 87.4 Å². The molecule has 0 aromatic carbocycles. The number of guanidine groups is 1. The number of hydrogen-bond acceptors (Lipinski definition) is 3. The smallest absolute Gasteiger partial charge is 0.191 e. The molecular formula is C11H23N3. The lowest BCUT2D eigenvalue weighted by molar-refractivity contribution is 0.505. The van der Waals surface area contributed by atoms with Gasteiger partial charge in [0.05, 0.1) is 6.54 Å². The molecule has 82 valence electrons. The molecule has 0 amide bonds. The van der Waals surface area contributed by atoms with Crippen LogP contribution in [0.3, 0.4) is 0 Å². The molecule has 0 aromatic heterocycles. The molecule has 0 spiro atoms. The Bertz CT molecular complexity index is 177. The second-order valence-corrected chi connectivity index (χ2v) is 3.90. The normalized spacial score (nSPS) is 17.4. The van der Waals surface area contributed by atoms with Crippen LogP contribution in [0.4, 0.5) is 0 Å². The maximum atomic E-state index is 4.35. The highest BCUT2D eigenvalue weighted by Crippen LogP contribution is 2.06. The topological polar surface area (TPSA) is 36.4 Å². The molecule has 0 bridgehead atoms. The van der Waals surface area contributed by atoms with Crippen LogP contribution < -0.4 is 10.6 Å². The van der Waals surface area contributed by atoms with Crippen LogP contribution in [-0.4, -0.2) is 25.1 Å². The summed E-state index contributed by atoms with van der Waals surface area (Å²) in [6.45, 7) is 6.40. The third-order valence-electron chi connectivity index (χ3n) is 2.66. The minimum Gasteiger partial charge on any atom is -0.355 e. The first kappa shape index (κ1) is 11.3. The van der Waals surface area contributed by atoms with Gasteiger partial charge in [0.25, 0.3) is 0 Å². The van der Waals surface area contributed by atoms with Gasteiger partial charge in [-0.15, -0.1) is 0 Å². The van der Waals surface area contributed by atoms with Gasteiger partial charge in [-0.3, -0.25) is 4.99 Å². The molecule has 2 N–H and O–H groups in total. The average Bonchev–Trinajstić information content (AvgIpc) is 2.69. The van der Waals surface area contributed by atoms with Crippen LogP contribution >= 0.6 is 0 Å². The molecule has 0 radical (unpaired) electrons. The van der Waals surface area contributed by atoms with Crippen LogP contribution in [-0.2, 0) is 0 Å². The van der Waals surface area contributed by atoms with E-state index in [1.807, 2.05) is 0 Å². The lowest BCUT2D eigenvalue weighted by Crippen LogP contribution is -2.40. The van der Waals surface area contributed by atoms with Crippen LogP contribution in [0.25, 0.3) is 0 Å². The van der Waals surface area contributed by atoms with Crippen molar-refractivity contribution in [2.24, 2.45) is 4.99 Å². The molecule has 1 unspecified atom stereocenters. The maximum Gasteiger partial charge on any atom is 0.191 e. The molecule has 0 saturated carbocycles. The van der Waals surface area contributed by atoms with Crippen molar-refractivity contribution in [2.45, 2.75) is 52.0 Å². The molecule has 0 saturated heterocycles. The minimum absolute atomic E-state index is 0.603. The fourth-order valence-corrected chi connectivity index (χ4v) is 1.71. The van der Waals surface area contributed by atoms with Crippen molar-refractivity contribution in [1.29, 1.82) is 0 Å². The third-order valence-corrected chi connectivity index (χ3v) is 2.66. The summed E-state index contributed by atoms with van der Waals surface area (Å²) in [7, 11) is 0. The molecule has 1 heterocycles. The van der Waals surface area contributed by atoms with Gasteiger partial charge in [-0.1, -0.05) is 33.1 Å². The van der Waals surface area contributed by atoms with Crippen LogP contribution in [0.5, 0.6) is 0 Å². The minimum atomic E-state index is 0.603. The van der Waals surface area contributed by atoms with Gasteiger partial charge in [0, 0.05) is 12.6 Å². The first-order valence-corrected chi connectivity index (χ1v) is 5.91. The Morgan fingerprint density at radius 2 is 2.29 bits per heavy atom. The summed E-state index contributed by atoms with van der Waals surface area (Å²) in [5.74, 6) is 1.01. The average molecular weight is 197 g/mol. The van der Waals surface area contributed by atoms with E-state index in [1.165, 1.54) is 32.1 Å². The predicted octanol–water partition coefficient (Wildman–Crippen LogP) is 1.89. The summed E-state index contributed by atoms with van der Waals surface area (Å²) in [6.07, 6.45) is 6.43. The van der Waals surface area contributed by atoms with Crippen molar-refractivity contribution >= 4 is 5.96 Å². The Morgan fingerprint density at radius 1 is 1.43 bits per heavy atom. The highest BCUT2D eigenvalue weighted by Gasteiger charge is 2.10. The number of nitrogens with zero attached hydrogens (tertiary/aromatic N) is 1. The Morgan fingerprint density at radius 3 is 2.86 bits per heavy atom. The molecule has 1 rings (SSSR count). The van der Waals surface area contributed by atoms with Gasteiger partial charge >= 0.3 is 0 Å². The fraction of sp³-hybridized carbons (Fsp3) is 0.909. The van der Waals surface area contributed by atoms with Crippen LogP contribution in [0.15, 0.2) is 4.99 Å². The highest BCUT2D eigenvalue weighted by atomic mass is 15.2. The van der Waals surface area contributed by atoms with E-state index in [4.69, 9.17) is 0 Å². The van der Waals surface area contributed by atoms with Crippen molar-refractivity contribution in [2.75, 3.05) is 13.1 Å². The lowest BCUT2D eigenvalue weighted by atomic mass is 10.1. The third kappa shape index (κ3) is 3.99. The van der Waals surface area contributed by atoms with E-state index in [0.717, 1.165) is 19.0 Å². The van der Waals surface area contributed by atoms with Gasteiger partial charge in [0.2, 0.25) is 0 Å². The number of unbranched alkanes of at least 4 members (excludes halogenated alkanes) is 2. The Kier molecular flexibility index (Phi) is 5.42. The largest absolute Gasteiger partial charge is 0.355 e. The van der Waals surface area contributed by atoms with Crippen molar-refractivity contribution in [1.82, 2.24) is 10.6 Å². The molecule has 3 heteroatoms. The molecule has 0 aliphatic carbocycles. The second kappa shape index (κ2) is 6.68. The Hall–Kier alpha value is -0.730. The van der Waals surface area contributed by atoms with E-state index >= 15 is 0 Å². The first-order chi connectivity index (χ1) is 6.86. The zero-order valence-electron chi connectivity index (χ0n) is 9.47. The van der Waals surface area contributed by atoms with E-state index in [-0.39, 0.29) is 0 Å². The number of hydrogen-bond donors (Lipinski definition) is 2. The molecular weight excluding hydrogens is 174 g/mol. The van der Waals surface area contributed by atoms with Crippen molar-refractivity contribution in [3.63, 3.8) is 0 Å². The van der Waals surface area contributed by atoms with E-state index in [0.29, 0.717) is 6.04 Å². The van der Waals surface area contributed by atoms with Gasteiger partial charge < -0.3 is 10.6 Å². The van der Waals surface area contributed by atoms with Crippen molar-refractivity contribution in [3.05, 3.63) is 0 Å². The van der Waals surface area contributed by atoms with E-state index in [9.17, 15) is 0 Å². The molecule has 1 aliphatic heterocycles. The monoisotopic (exact) mass is 197 g/mol. The summed E-state index contributed by atoms with van der Waals surface area (Å²) in [4.78, 5) is 4.35. The molecule has 14 heavy (non-hydrogen) atoms. The van der Waals surface area contributed by atoms with E-state index < -0.39 is 0 Å². The number of rotatable bonds is 6. The first-order valence-electron chi connectivity index (χ1n) is 5.91. The molecule has 3 nitrogen and oxygen atoms in total. The van der Waals surface area contributed by atoms with Crippen LogP contribution in [0.2, 0.25) is 0 Å². The van der Waals surface area contributed by atoms with Gasteiger partial charge in [-0.25, -0.2) is 0 Å². The summed E-state index contributed by atoms with van der Waals surface area (Å²) >= 11 is 0. The summed E-state index contributed by atoms with van der Waals surface area (Å²) < 4.78 is 0. The summed E-state index contributed by atoms with van der Waals surface area (Å²) in [5.41, 5.74) is 0. The van der Waals surface area contributed by atoms with E-state index in [2.05, 4.69) is 29.5 Å². The van der Waals surface area contributed by atoms with Gasteiger partial charge in [0.1, 0.15) is 0 Å². The van der Waals surface area contributed by atoms with Crippen molar-refractivity contribution in [3.8, 4) is 0 Å². The molecule has 1 aliphatic rings. The van der Waals surface area contributed by atoms with Gasteiger partial charge in [-0.2, -0.15) is 0 Å². The summed E-state index contributed by atoms with van der Waals surface area (Å²) in [5, 5.41) is 6.71. The van der Waals surface area contributed by atoms with Crippen LogP contribution in [0, 0.1) is 0 Å². The van der Waals surface area contributed by atoms with Crippen LogP contribution in [0.1, 0.15) is 46.0 Å². The van der Waals surface area contributed by atoms with Gasteiger partial charge in [-0.05, 0) is 12.8 Å². The van der Waals surface area contributed by atoms with Crippen molar-refractivity contribution < 1.29 is 0 Å². The highest BCUT2D eigenvalue weighted by molar-refractivity contribution is 5.81. The van der Waals surface area contributed by atoms with E-state index in [1.54, 1.807) is 0 Å². The standard InChI is InChI=1S/C11H23N3/c1-3-5-6-7-10(4-2)14-11-12-8-9-13-11/h10H,3-9H2,1-2H3,(H2,12,13,14). The number of aliphatic imine (C=N–C) groups is 1. The fourth-order valence-electron chi connectivity index (χ4n) is 1.71. The summed E-state index contributed by atoms with van der Waals surface area (Å²) in [6, 6.07) is 0.603. The number of nitrogens with one attached hydrogen (secondary N) is 2. The Balaban J connectivity index is 2.17. The van der Waals surface area contributed by atoms with Gasteiger partial charge in [0.15, 0.2) is 5.96 Å². The predicted molar refractivity (Wildman–Crippen MR) is 61.7 cm³/mol. The zero-order chi connectivity index (χ0) is 10.2. The quantitative estimate of drug-likeness (QED) is 0.638. The zero-order valence-corrected chi connectivity index (χ0v) is 9.47. The SMILES string of the molecule is CCCCCC(CC)NC1=NCCN1. The maximum absolute atomic E-state index is 4.35.